The van der Waals surface area contributed by atoms with Gasteiger partial charge in [-0.15, -0.1) is 0 Å². The number of aliphatic hydroxyl groups is 1. The third-order valence-electron chi connectivity index (χ3n) is 5.65. The topological polar surface area (TPSA) is 198 Å². The first-order valence-electron chi connectivity index (χ1n) is 12.3. The highest BCUT2D eigenvalue weighted by atomic mass is 16.7. The van der Waals surface area contributed by atoms with Gasteiger partial charge in [-0.05, 0) is 23.8 Å². The number of nitrogens with one attached hydrogen (secondary N) is 2. The van der Waals surface area contributed by atoms with Gasteiger partial charge in [-0.25, -0.2) is 4.79 Å². The lowest BCUT2D eigenvalue weighted by Gasteiger charge is -2.31. The number of ether oxygens (including phenoxy) is 3. The molecular weight excluding hydrogens is 530 g/mol. The van der Waals surface area contributed by atoms with Crippen LogP contribution in [0.2, 0.25) is 0 Å². The molecule has 3 rings (SSSR count). The molecule has 4 N–H and O–H groups in total. The van der Waals surface area contributed by atoms with Crippen molar-refractivity contribution >= 4 is 47.3 Å². The van der Waals surface area contributed by atoms with Gasteiger partial charge < -0.3 is 35.1 Å². The van der Waals surface area contributed by atoms with Crippen molar-refractivity contribution in [3.63, 3.8) is 0 Å². The largest absolute Gasteiger partial charge is 0.479 e. The second-order valence-electron chi connectivity index (χ2n) is 8.84. The Morgan fingerprint density at radius 1 is 1.12 bits per heavy atom. The molecule has 4 amide bonds. The van der Waals surface area contributed by atoms with Crippen molar-refractivity contribution < 1.29 is 53.2 Å². The van der Waals surface area contributed by atoms with Crippen molar-refractivity contribution in [3.8, 4) is 5.75 Å². The fraction of sp³-hybridized carbons (Fsp3) is 0.385. The molecule has 14 nitrogen and oxygen atoms in total. The minimum absolute atomic E-state index is 0.00474. The van der Waals surface area contributed by atoms with Crippen LogP contribution in [0.15, 0.2) is 36.4 Å². The maximum absolute atomic E-state index is 12.7. The van der Waals surface area contributed by atoms with Gasteiger partial charge in [0, 0.05) is 44.9 Å². The summed E-state index contributed by atoms with van der Waals surface area (Å²) < 4.78 is 16.1. The molecular formula is C26H29N3O11. The Bertz CT molecular complexity index is 1210. The third-order valence-corrected chi connectivity index (χ3v) is 5.65. The summed E-state index contributed by atoms with van der Waals surface area (Å²) in [4.78, 5) is 70.9. The first-order chi connectivity index (χ1) is 19.0. The lowest BCUT2D eigenvalue weighted by molar-refractivity contribution is -0.195. The van der Waals surface area contributed by atoms with Crippen LogP contribution in [0.4, 0.5) is 5.69 Å². The van der Waals surface area contributed by atoms with E-state index in [0.717, 1.165) is 17.1 Å². The van der Waals surface area contributed by atoms with E-state index in [1.807, 2.05) is 0 Å². The summed E-state index contributed by atoms with van der Waals surface area (Å²) in [5.74, 6) is -3.90. The third kappa shape index (κ3) is 9.03. The average molecular weight is 560 g/mol. The smallest absolute Gasteiger partial charge is 0.333 e. The van der Waals surface area contributed by atoms with E-state index in [4.69, 9.17) is 14.2 Å². The van der Waals surface area contributed by atoms with E-state index in [-0.39, 0.29) is 43.9 Å². The number of anilines is 1. The zero-order valence-corrected chi connectivity index (χ0v) is 21.5. The highest BCUT2D eigenvalue weighted by Crippen LogP contribution is 2.31. The van der Waals surface area contributed by atoms with Gasteiger partial charge in [0.1, 0.15) is 18.9 Å². The minimum Gasteiger partial charge on any atom is -0.479 e. The molecule has 14 heteroatoms. The molecule has 0 aliphatic carbocycles. The zero-order valence-electron chi connectivity index (χ0n) is 21.5. The number of hydrogen-bond donors (Lipinski definition) is 4. The van der Waals surface area contributed by atoms with Gasteiger partial charge >= 0.3 is 11.9 Å². The van der Waals surface area contributed by atoms with Gasteiger partial charge in [0.2, 0.25) is 18.1 Å². The second-order valence-corrected chi connectivity index (χ2v) is 8.84. The van der Waals surface area contributed by atoms with Crippen LogP contribution >= 0.6 is 0 Å². The number of carboxylic acid groups (broad SMARTS) is 1. The molecule has 0 radical (unpaired) electrons. The van der Waals surface area contributed by atoms with Gasteiger partial charge in [0.25, 0.3) is 11.8 Å². The molecule has 2 aliphatic rings. The average Bonchev–Trinajstić information content (AvgIpc) is 3.19. The van der Waals surface area contributed by atoms with E-state index in [9.17, 15) is 39.0 Å². The summed E-state index contributed by atoms with van der Waals surface area (Å²) in [6.07, 6.45) is 1.76. The van der Waals surface area contributed by atoms with Crippen molar-refractivity contribution in [1.29, 1.82) is 0 Å². The summed E-state index contributed by atoms with van der Waals surface area (Å²) in [6.45, 7) is 0.739. The Labute approximate surface area is 228 Å². The molecule has 2 heterocycles. The van der Waals surface area contributed by atoms with Gasteiger partial charge in [0.05, 0.1) is 11.8 Å². The number of rotatable bonds is 12. The quantitative estimate of drug-likeness (QED) is 0.198. The summed E-state index contributed by atoms with van der Waals surface area (Å²) in [6, 6.07) is 4.71. The van der Waals surface area contributed by atoms with E-state index in [1.54, 1.807) is 24.3 Å². The number of aliphatic carboxylic acids is 1. The highest BCUT2D eigenvalue weighted by Gasteiger charge is 2.34. The standard InChI is InChI=1S/C26H29N3O11/c1-15(30)38-10-2-3-16-4-5-19(39-25-13-17(31)12-20(40-25)26(36)37)18(11-16)28-21(32)8-9-27-22(33)14-29-23(34)6-7-24(29)35/h2-7,11,17,20,25,31H,8-10,12-14H2,1H3,(H,27,33)(H,28,32)(H,36,37)/b3-2+/t17-,20-,25+/m0/s1. The molecule has 40 heavy (non-hydrogen) atoms. The fourth-order valence-electron chi connectivity index (χ4n) is 3.75. The van der Waals surface area contributed by atoms with Crippen molar-refractivity contribution in [3.05, 3.63) is 42.0 Å². The molecule has 1 aromatic carbocycles. The monoisotopic (exact) mass is 559 g/mol. The summed E-state index contributed by atoms with van der Waals surface area (Å²) >= 11 is 0. The fourth-order valence-corrected chi connectivity index (χ4v) is 3.75. The van der Waals surface area contributed by atoms with Crippen LogP contribution in [0.5, 0.6) is 5.75 Å². The van der Waals surface area contributed by atoms with E-state index in [2.05, 4.69) is 10.6 Å². The summed E-state index contributed by atoms with van der Waals surface area (Å²) in [7, 11) is 0. The highest BCUT2D eigenvalue weighted by molar-refractivity contribution is 6.14. The molecule has 3 atom stereocenters. The number of benzene rings is 1. The first kappa shape index (κ1) is 30.0. The Morgan fingerprint density at radius 2 is 1.85 bits per heavy atom. The predicted molar refractivity (Wildman–Crippen MR) is 136 cm³/mol. The van der Waals surface area contributed by atoms with Crippen LogP contribution in [0.3, 0.4) is 0 Å². The lowest BCUT2D eigenvalue weighted by Crippen LogP contribution is -2.42. The maximum Gasteiger partial charge on any atom is 0.333 e. The van der Waals surface area contributed by atoms with Crippen molar-refractivity contribution in [2.75, 3.05) is 25.0 Å². The van der Waals surface area contributed by atoms with Crippen LogP contribution in [-0.4, -0.2) is 88.9 Å². The number of aliphatic hydroxyl groups excluding tert-OH is 1. The zero-order chi connectivity index (χ0) is 29.2. The van der Waals surface area contributed by atoms with Crippen LogP contribution < -0.4 is 15.4 Å². The Morgan fingerprint density at radius 3 is 2.52 bits per heavy atom. The van der Waals surface area contributed by atoms with Gasteiger partial charge in [-0.2, -0.15) is 0 Å². The molecule has 1 aromatic rings. The van der Waals surface area contributed by atoms with E-state index in [0.29, 0.717) is 5.56 Å². The van der Waals surface area contributed by atoms with Gasteiger partial charge in [0.15, 0.2) is 6.10 Å². The van der Waals surface area contributed by atoms with E-state index >= 15 is 0 Å². The number of imide groups is 1. The number of nitrogens with zero attached hydrogens (tertiary/aromatic N) is 1. The number of carboxylic acids is 1. The molecule has 1 fully saturated rings. The number of carbonyl (C=O) groups excluding carboxylic acids is 5. The van der Waals surface area contributed by atoms with Gasteiger partial charge in [-0.1, -0.05) is 12.1 Å². The van der Waals surface area contributed by atoms with E-state index in [1.165, 1.54) is 13.0 Å². The summed E-state index contributed by atoms with van der Waals surface area (Å²) in [5, 5.41) is 24.4. The SMILES string of the molecule is CC(=O)OC/C=C/c1ccc(O[C@H]2C[C@@H](O)C[C@@H](C(=O)O)O2)c(NC(=O)CCNC(=O)CN2C(=O)C=CC2=O)c1. The normalized spacial score (nSPS) is 20.4. The minimum atomic E-state index is -1.26. The van der Waals surface area contributed by atoms with Crippen LogP contribution in [0.25, 0.3) is 6.08 Å². The molecule has 0 spiro atoms. The van der Waals surface area contributed by atoms with Crippen LogP contribution in [0.1, 0.15) is 31.7 Å². The number of esters is 1. The second kappa shape index (κ2) is 14.0. The Balaban J connectivity index is 1.64. The molecule has 214 valence electrons. The molecule has 2 aliphatic heterocycles. The molecule has 0 unspecified atom stereocenters. The Hall–Kier alpha value is -4.56. The molecule has 0 saturated carbocycles. The Kier molecular flexibility index (Phi) is 10.5. The number of hydrogen-bond acceptors (Lipinski definition) is 10. The molecule has 0 bridgehead atoms. The number of carbonyl (C=O) groups is 6. The van der Waals surface area contributed by atoms with Crippen molar-refractivity contribution in [2.24, 2.45) is 0 Å². The first-order valence-corrected chi connectivity index (χ1v) is 12.3. The van der Waals surface area contributed by atoms with Gasteiger partial charge in [-0.3, -0.25) is 28.9 Å². The maximum atomic E-state index is 12.7. The van der Waals surface area contributed by atoms with Crippen molar-refractivity contribution in [2.45, 2.75) is 44.7 Å². The predicted octanol–water partition coefficient (Wildman–Crippen LogP) is -0.0379. The summed E-state index contributed by atoms with van der Waals surface area (Å²) in [5.41, 5.74) is 0.797. The van der Waals surface area contributed by atoms with Crippen LogP contribution in [0, 0.1) is 0 Å². The van der Waals surface area contributed by atoms with E-state index < -0.39 is 60.6 Å². The van der Waals surface area contributed by atoms with Crippen molar-refractivity contribution in [1.82, 2.24) is 10.2 Å². The lowest BCUT2D eigenvalue weighted by atomic mass is 10.1. The number of amides is 4. The van der Waals surface area contributed by atoms with Crippen LogP contribution in [-0.2, 0) is 38.2 Å². The molecule has 0 aromatic heterocycles. The molecule has 1 saturated heterocycles.